The highest BCUT2D eigenvalue weighted by Crippen LogP contribution is 2.52. The highest BCUT2D eigenvalue weighted by molar-refractivity contribution is 8.03. The largest absolute Gasteiger partial charge is 0.477 e. The maximum Gasteiger partial charge on any atom is 0.353 e. The van der Waals surface area contributed by atoms with Gasteiger partial charge in [0, 0.05) is 48.3 Å². The van der Waals surface area contributed by atoms with Crippen LogP contribution in [-0.4, -0.2) is 115 Å². The Bertz CT molecular complexity index is 1240. The van der Waals surface area contributed by atoms with Gasteiger partial charge in [-0.3, -0.25) is 14.4 Å². The van der Waals surface area contributed by atoms with Crippen molar-refractivity contribution in [1.82, 2.24) is 46.0 Å². The highest BCUT2D eigenvalue weighted by Gasteiger charge is 2.60. The minimum Gasteiger partial charge on any atom is -0.477 e. The fourth-order valence-electron chi connectivity index (χ4n) is 7.29. The third-order valence-corrected chi connectivity index (χ3v) is 11.1. The summed E-state index contributed by atoms with van der Waals surface area (Å²) in [7, 11) is 0. The molecule has 4 saturated heterocycles. The number of aliphatic carboxylic acids is 1. The van der Waals surface area contributed by atoms with E-state index in [0.29, 0.717) is 23.3 Å². The van der Waals surface area contributed by atoms with E-state index in [2.05, 4.69) is 31.5 Å². The first-order valence-corrected chi connectivity index (χ1v) is 15.3. The lowest BCUT2D eigenvalue weighted by atomic mass is 9.78. The molecule has 0 aliphatic carbocycles. The average Bonchev–Trinajstić information content (AvgIpc) is 3.74. The number of likely N-dealkylation sites (tertiary alicyclic amines) is 1. The van der Waals surface area contributed by atoms with Crippen LogP contribution in [0.4, 0.5) is 0 Å². The smallest absolute Gasteiger partial charge is 0.353 e. The van der Waals surface area contributed by atoms with Crippen molar-refractivity contribution >= 4 is 35.5 Å². The summed E-state index contributed by atoms with van der Waals surface area (Å²) in [6.45, 7) is 7.89. The lowest BCUT2D eigenvalue weighted by molar-refractivity contribution is -0.158. The van der Waals surface area contributed by atoms with Gasteiger partial charge >= 0.3 is 5.97 Å². The number of carbonyl (C=O) groups excluding carboxylic acids is 3. The van der Waals surface area contributed by atoms with Crippen LogP contribution in [0.1, 0.15) is 39.5 Å². The van der Waals surface area contributed by atoms with E-state index in [4.69, 9.17) is 0 Å². The molecule has 6 heterocycles. The zero-order valence-corrected chi connectivity index (χ0v) is 24.1. The van der Waals surface area contributed by atoms with Crippen LogP contribution >= 0.6 is 11.8 Å². The molecule has 6 rings (SSSR count). The molecule has 5 aliphatic heterocycles. The van der Waals surface area contributed by atoms with Crippen molar-refractivity contribution in [3.05, 3.63) is 16.9 Å². The Morgan fingerprint density at radius 1 is 1.27 bits per heavy atom. The molecule has 14 nitrogen and oxygen atoms in total. The second-order valence-corrected chi connectivity index (χ2v) is 13.4. The standard InChI is InChI=1S/C26H37N9O5S/c1-14-20-19(15(2)30-18(36)11-34-13-29-31-32-34)24(38)35(20)21(25(39)40)22(14)41-16-9-17(28-10-16)23(37)33-7-4-26(5-8-33)3-6-27-12-26/h13-17,19-20,27-28H,3-12H2,1-2H3,(H,30,36)(H,39,40)/t14-,15-,16+,17+,19-,20-/m1/s1. The molecule has 4 N–H and O–H groups in total. The number of rotatable bonds is 8. The number of carboxylic acid groups (broad SMARTS) is 1. The maximum absolute atomic E-state index is 13.3. The summed E-state index contributed by atoms with van der Waals surface area (Å²) in [5.74, 6) is -2.39. The maximum atomic E-state index is 13.3. The van der Waals surface area contributed by atoms with E-state index in [1.807, 2.05) is 11.8 Å². The van der Waals surface area contributed by atoms with Crippen LogP contribution in [0.5, 0.6) is 0 Å². The Balaban J connectivity index is 1.07. The first kappa shape index (κ1) is 28.1. The fraction of sp³-hybridized carbons (Fsp3) is 0.731. The van der Waals surface area contributed by atoms with Crippen LogP contribution < -0.4 is 16.0 Å². The third-order valence-electron chi connectivity index (χ3n) is 9.57. The predicted octanol–water partition coefficient (Wildman–Crippen LogP) is -0.983. The van der Waals surface area contributed by atoms with Gasteiger partial charge in [-0.25, -0.2) is 9.48 Å². The Morgan fingerprint density at radius 3 is 2.71 bits per heavy atom. The number of tetrazole rings is 1. The van der Waals surface area contributed by atoms with E-state index in [9.17, 15) is 24.3 Å². The molecule has 5 aliphatic rings. The van der Waals surface area contributed by atoms with Crippen LogP contribution in [0.3, 0.4) is 0 Å². The van der Waals surface area contributed by atoms with Gasteiger partial charge in [0.2, 0.25) is 17.7 Å². The Hall–Kier alpha value is -3.04. The third kappa shape index (κ3) is 5.12. The number of thioether (sulfide) groups is 1. The van der Waals surface area contributed by atoms with Gasteiger partial charge in [0.05, 0.1) is 18.0 Å². The van der Waals surface area contributed by atoms with Crippen LogP contribution in [-0.2, 0) is 25.7 Å². The van der Waals surface area contributed by atoms with Crippen LogP contribution in [0.2, 0.25) is 0 Å². The number of carbonyl (C=O) groups is 4. The number of aromatic nitrogens is 4. The van der Waals surface area contributed by atoms with Crippen LogP contribution in [0.25, 0.3) is 0 Å². The van der Waals surface area contributed by atoms with Gasteiger partial charge in [-0.05, 0) is 55.0 Å². The molecule has 0 bridgehead atoms. The summed E-state index contributed by atoms with van der Waals surface area (Å²) in [5, 5.41) is 30.5. The molecule has 3 amide bonds. The minimum atomic E-state index is -1.13. The van der Waals surface area contributed by atoms with E-state index in [0.717, 1.165) is 39.0 Å². The molecule has 0 unspecified atom stereocenters. The fourth-order valence-corrected chi connectivity index (χ4v) is 8.77. The first-order chi connectivity index (χ1) is 19.7. The summed E-state index contributed by atoms with van der Waals surface area (Å²) < 4.78 is 1.29. The monoisotopic (exact) mass is 587 g/mol. The molecule has 6 atom stereocenters. The number of β-lactam (4-membered cyclic amide) rings is 1. The van der Waals surface area contributed by atoms with Crippen molar-refractivity contribution < 1.29 is 24.3 Å². The van der Waals surface area contributed by atoms with Gasteiger partial charge in [-0.1, -0.05) is 6.92 Å². The number of piperidine rings is 1. The quantitative estimate of drug-likeness (QED) is 0.275. The average molecular weight is 588 g/mol. The predicted molar refractivity (Wildman–Crippen MR) is 147 cm³/mol. The second kappa shape index (κ2) is 11.0. The van der Waals surface area contributed by atoms with E-state index in [1.165, 1.54) is 34.1 Å². The molecule has 1 spiro atoms. The Kier molecular flexibility index (Phi) is 7.53. The molecular weight excluding hydrogens is 550 g/mol. The molecular formula is C26H37N9O5S. The number of carboxylic acids is 1. The number of hydrogen-bond acceptors (Lipinski definition) is 10. The van der Waals surface area contributed by atoms with Crippen LogP contribution in [0.15, 0.2) is 16.9 Å². The molecule has 1 aromatic rings. The van der Waals surface area contributed by atoms with E-state index in [1.54, 1.807) is 6.92 Å². The van der Waals surface area contributed by atoms with Gasteiger partial charge in [0.15, 0.2) is 0 Å². The van der Waals surface area contributed by atoms with Crippen LogP contribution in [0, 0.1) is 17.3 Å². The van der Waals surface area contributed by atoms with Crippen molar-refractivity contribution in [1.29, 1.82) is 0 Å². The Morgan fingerprint density at radius 2 is 2.05 bits per heavy atom. The summed E-state index contributed by atoms with van der Waals surface area (Å²) in [4.78, 5) is 55.4. The second-order valence-electron chi connectivity index (χ2n) is 12.1. The van der Waals surface area contributed by atoms with E-state index in [-0.39, 0.29) is 53.2 Å². The molecule has 0 aromatic carbocycles. The molecule has 0 radical (unpaired) electrons. The van der Waals surface area contributed by atoms with Crippen molar-refractivity contribution in [3.63, 3.8) is 0 Å². The van der Waals surface area contributed by atoms with Crippen molar-refractivity contribution in [3.8, 4) is 0 Å². The number of fused-ring (bicyclic) bond motifs is 1. The summed E-state index contributed by atoms with van der Waals surface area (Å²) in [6, 6.07) is -1.12. The number of amides is 3. The topological polar surface area (TPSA) is 175 Å². The van der Waals surface area contributed by atoms with Gasteiger partial charge in [0.1, 0.15) is 18.6 Å². The summed E-state index contributed by atoms with van der Waals surface area (Å²) in [6.07, 6.45) is 5.19. The molecule has 0 saturated carbocycles. The van der Waals surface area contributed by atoms with Gasteiger partial charge < -0.3 is 30.9 Å². The van der Waals surface area contributed by atoms with E-state index < -0.39 is 17.9 Å². The molecule has 222 valence electrons. The normalized spacial score (nSPS) is 31.4. The van der Waals surface area contributed by atoms with Crippen molar-refractivity contribution in [2.45, 2.75) is 69.5 Å². The molecule has 41 heavy (non-hydrogen) atoms. The summed E-state index contributed by atoms with van der Waals surface area (Å²) >= 11 is 1.47. The van der Waals surface area contributed by atoms with Gasteiger partial charge in [-0.15, -0.1) is 16.9 Å². The number of nitrogens with one attached hydrogen (secondary N) is 3. The molecule has 15 heteroatoms. The zero-order valence-electron chi connectivity index (χ0n) is 23.3. The van der Waals surface area contributed by atoms with Crippen molar-refractivity contribution in [2.24, 2.45) is 17.3 Å². The van der Waals surface area contributed by atoms with E-state index >= 15 is 0 Å². The summed E-state index contributed by atoms with van der Waals surface area (Å²) in [5.41, 5.74) is 0.373. The van der Waals surface area contributed by atoms with Gasteiger partial charge in [-0.2, -0.15) is 0 Å². The number of hydrogen-bond donors (Lipinski definition) is 4. The molecule has 4 fully saturated rings. The lowest BCUT2D eigenvalue weighted by Crippen LogP contribution is -2.66. The first-order valence-electron chi connectivity index (χ1n) is 14.4. The SMILES string of the molecule is C[C@@H](NC(=O)Cn1cnnn1)[C@H]1C(=O)N2C(C(=O)O)=C(S[C@@H]3CN[C@H](C(=O)N4CCC5(CCNC5)CC4)C3)[C@H](C)[C@H]12. The minimum absolute atomic E-state index is 0.0200. The van der Waals surface area contributed by atoms with Gasteiger partial charge in [0.25, 0.3) is 0 Å². The zero-order chi connectivity index (χ0) is 28.9. The number of nitrogens with zero attached hydrogens (tertiary/aromatic N) is 6. The Labute approximate surface area is 242 Å². The molecule has 1 aromatic heterocycles. The lowest BCUT2D eigenvalue weighted by Gasteiger charge is -2.47. The highest BCUT2D eigenvalue weighted by atomic mass is 32.2. The van der Waals surface area contributed by atoms with Crippen molar-refractivity contribution in [2.75, 3.05) is 32.7 Å².